The number of nitrogens with zero attached hydrogens (tertiary/aromatic N) is 6. The summed E-state index contributed by atoms with van der Waals surface area (Å²) in [6.07, 6.45) is -0.356. The van der Waals surface area contributed by atoms with Gasteiger partial charge in [-0.2, -0.15) is 23.5 Å². The molecule has 0 radical (unpaired) electrons. The minimum absolute atomic E-state index is 0.00978. The monoisotopic (exact) mass is 628 g/mol. The fraction of sp³-hybridized carbons (Fsp3) is 0.125. The van der Waals surface area contributed by atoms with E-state index in [1.807, 2.05) is 0 Å². The Morgan fingerprint density at radius 3 is 2.33 bits per heavy atom. The van der Waals surface area contributed by atoms with Gasteiger partial charge in [0.25, 0.3) is 0 Å². The van der Waals surface area contributed by atoms with E-state index in [-0.39, 0.29) is 22.7 Å². The zero-order valence-corrected chi connectivity index (χ0v) is 24.6. The van der Waals surface area contributed by atoms with Crippen LogP contribution in [0.2, 0.25) is 0 Å². The second kappa shape index (κ2) is 10.9. The number of pyridine rings is 1. The Morgan fingerprint density at radius 2 is 1.69 bits per heavy atom. The molecule has 3 aromatic carbocycles. The van der Waals surface area contributed by atoms with Crippen molar-refractivity contribution < 1.29 is 21.6 Å². The van der Waals surface area contributed by atoms with Crippen molar-refractivity contribution >= 4 is 15.5 Å². The molecular weight excluding hydrogens is 605 g/mol. The highest BCUT2D eigenvalue weighted by atomic mass is 32.2. The summed E-state index contributed by atoms with van der Waals surface area (Å²) in [4.78, 5) is 13.9. The van der Waals surface area contributed by atoms with Crippen molar-refractivity contribution in [1.29, 1.82) is 5.26 Å². The molecule has 0 amide bonds. The molecule has 0 spiro atoms. The Balaban J connectivity index is 1.57. The van der Waals surface area contributed by atoms with Gasteiger partial charge < -0.3 is 0 Å². The van der Waals surface area contributed by atoms with Crippen LogP contribution in [0.15, 0.2) is 101 Å². The largest absolute Gasteiger partial charge is 0.416 e. The fourth-order valence-corrected chi connectivity index (χ4v) is 5.83. The van der Waals surface area contributed by atoms with E-state index in [4.69, 9.17) is 0 Å². The van der Waals surface area contributed by atoms with Gasteiger partial charge in [0.05, 0.1) is 46.2 Å². The SMILES string of the molecule is Cc1c(-c2ccnn2-c2ccc(C#N)cc2)cn2c(=O)n(Cc3ccc(S(C)(=O)=O)cc3)nc2c1-c1cccc(C(F)(F)F)c1. The maximum atomic E-state index is 13.8. The highest BCUT2D eigenvalue weighted by Gasteiger charge is 2.31. The normalized spacial score (nSPS) is 12.0. The second-order valence-electron chi connectivity index (χ2n) is 10.5. The summed E-state index contributed by atoms with van der Waals surface area (Å²) in [6, 6.07) is 21.4. The Kier molecular flexibility index (Phi) is 7.17. The molecule has 0 aliphatic heterocycles. The minimum Gasteiger partial charge on any atom is -0.249 e. The smallest absolute Gasteiger partial charge is 0.249 e. The van der Waals surface area contributed by atoms with E-state index in [0.717, 1.165) is 18.4 Å². The number of hydrogen-bond donors (Lipinski definition) is 0. The molecule has 0 N–H and O–H groups in total. The number of nitriles is 1. The number of halogens is 3. The van der Waals surface area contributed by atoms with Crippen molar-refractivity contribution in [3.8, 4) is 34.1 Å². The van der Waals surface area contributed by atoms with Crippen LogP contribution in [0.5, 0.6) is 0 Å². The number of rotatable bonds is 6. The summed E-state index contributed by atoms with van der Waals surface area (Å²) in [7, 11) is -3.42. The molecule has 0 aliphatic rings. The lowest BCUT2D eigenvalue weighted by Crippen LogP contribution is -2.22. The lowest BCUT2D eigenvalue weighted by Gasteiger charge is -2.16. The average Bonchev–Trinajstić information content (AvgIpc) is 3.61. The van der Waals surface area contributed by atoms with Gasteiger partial charge in [0, 0.05) is 23.6 Å². The number of aromatic nitrogens is 5. The summed E-state index contributed by atoms with van der Waals surface area (Å²) >= 11 is 0. The Hall–Kier alpha value is -5.48. The van der Waals surface area contributed by atoms with Crippen molar-refractivity contribution in [3.63, 3.8) is 0 Å². The molecule has 0 aliphatic carbocycles. The standard InChI is InChI=1S/C32H23F3N6O3S/c1-20-27(28-14-15-37-41(28)25-10-6-21(17-36)7-11-25)19-39-30(29(20)23-4-3-5-24(16-23)32(33,34)35)38-40(31(39)42)18-22-8-12-26(13-9-22)45(2,43)44/h3-16,19H,18H2,1-2H3. The quantitative estimate of drug-likeness (QED) is 0.235. The van der Waals surface area contributed by atoms with E-state index in [1.165, 1.54) is 33.3 Å². The van der Waals surface area contributed by atoms with E-state index in [9.17, 15) is 31.6 Å². The lowest BCUT2D eigenvalue weighted by molar-refractivity contribution is -0.137. The first-order valence-corrected chi connectivity index (χ1v) is 15.4. The van der Waals surface area contributed by atoms with Crippen LogP contribution in [0.3, 0.4) is 0 Å². The summed E-state index contributed by atoms with van der Waals surface area (Å²) in [5, 5.41) is 18.2. The third-order valence-electron chi connectivity index (χ3n) is 7.45. The molecule has 0 saturated carbocycles. The molecule has 6 aromatic rings. The number of fused-ring (bicyclic) bond motifs is 1. The van der Waals surface area contributed by atoms with E-state index < -0.39 is 27.3 Å². The van der Waals surface area contributed by atoms with Crippen LogP contribution in [-0.2, 0) is 22.6 Å². The van der Waals surface area contributed by atoms with E-state index in [1.54, 1.807) is 66.5 Å². The molecule has 9 nitrogen and oxygen atoms in total. The predicted molar refractivity (Wildman–Crippen MR) is 161 cm³/mol. The van der Waals surface area contributed by atoms with Crippen molar-refractivity contribution in [3.05, 3.63) is 124 Å². The number of sulfone groups is 1. The summed E-state index contributed by atoms with van der Waals surface area (Å²) in [5.74, 6) is 0. The summed E-state index contributed by atoms with van der Waals surface area (Å²) in [6.45, 7) is 1.73. The first-order valence-electron chi connectivity index (χ1n) is 13.5. The molecule has 0 saturated heterocycles. The maximum Gasteiger partial charge on any atom is 0.416 e. The topological polar surface area (TPSA) is 115 Å². The van der Waals surface area contributed by atoms with Crippen molar-refractivity contribution in [2.24, 2.45) is 0 Å². The Morgan fingerprint density at radius 1 is 0.978 bits per heavy atom. The number of benzene rings is 3. The average molecular weight is 629 g/mol. The molecule has 13 heteroatoms. The lowest BCUT2D eigenvalue weighted by atomic mass is 9.95. The molecule has 3 heterocycles. The molecule has 226 valence electrons. The van der Waals surface area contributed by atoms with Gasteiger partial charge in [-0.15, -0.1) is 5.10 Å². The molecule has 45 heavy (non-hydrogen) atoms. The molecule has 3 aromatic heterocycles. The van der Waals surface area contributed by atoms with Crippen LogP contribution >= 0.6 is 0 Å². The first kappa shape index (κ1) is 29.6. The third kappa shape index (κ3) is 5.51. The van der Waals surface area contributed by atoms with E-state index in [2.05, 4.69) is 16.3 Å². The van der Waals surface area contributed by atoms with Gasteiger partial charge in [-0.1, -0.05) is 24.3 Å². The van der Waals surface area contributed by atoms with Crippen LogP contribution in [0.1, 0.15) is 22.3 Å². The summed E-state index contributed by atoms with van der Waals surface area (Å²) < 4.78 is 69.1. The number of hydrogen-bond acceptors (Lipinski definition) is 6. The minimum atomic E-state index is -4.59. The fourth-order valence-electron chi connectivity index (χ4n) is 5.20. The van der Waals surface area contributed by atoms with Gasteiger partial charge >= 0.3 is 11.9 Å². The van der Waals surface area contributed by atoms with Crippen LogP contribution in [0, 0.1) is 18.3 Å². The van der Waals surface area contributed by atoms with Crippen LogP contribution < -0.4 is 5.69 Å². The van der Waals surface area contributed by atoms with Crippen LogP contribution in [0.25, 0.3) is 33.7 Å². The highest BCUT2D eigenvalue weighted by molar-refractivity contribution is 7.90. The zero-order valence-electron chi connectivity index (χ0n) is 23.8. The van der Waals surface area contributed by atoms with E-state index >= 15 is 0 Å². The van der Waals surface area contributed by atoms with Gasteiger partial charge in [-0.05, 0) is 78.2 Å². The summed E-state index contributed by atoms with van der Waals surface area (Å²) in [5.41, 5.74) is 2.64. The second-order valence-corrected chi connectivity index (χ2v) is 12.5. The van der Waals surface area contributed by atoms with Crippen LogP contribution in [-0.4, -0.2) is 38.6 Å². The number of alkyl halides is 3. The highest BCUT2D eigenvalue weighted by Crippen LogP contribution is 2.38. The Bertz CT molecular complexity index is 2290. The van der Waals surface area contributed by atoms with Gasteiger partial charge in [-0.25, -0.2) is 27.0 Å². The molecule has 0 atom stereocenters. The Labute approximate surface area is 255 Å². The van der Waals surface area contributed by atoms with Gasteiger partial charge in [-0.3, -0.25) is 0 Å². The predicted octanol–water partition coefficient (Wildman–Crippen LogP) is 5.67. The zero-order chi connectivity index (χ0) is 32.1. The van der Waals surface area contributed by atoms with Gasteiger partial charge in [0.1, 0.15) is 0 Å². The molecule has 0 unspecified atom stereocenters. The van der Waals surface area contributed by atoms with E-state index in [0.29, 0.717) is 39.2 Å². The van der Waals surface area contributed by atoms with Crippen molar-refractivity contribution in [2.75, 3.05) is 6.26 Å². The maximum absolute atomic E-state index is 13.8. The van der Waals surface area contributed by atoms with Crippen molar-refractivity contribution in [1.82, 2.24) is 24.0 Å². The molecule has 0 bridgehead atoms. The molecular formula is C32H23F3N6O3S. The first-order chi connectivity index (χ1) is 21.3. The molecule has 0 fully saturated rings. The van der Waals surface area contributed by atoms with Crippen molar-refractivity contribution in [2.45, 2.75) is 24.5 Å². The van der Waals surface area contributed by atoms with Gasteiger partial charge in [0.2, 0.25) is 0 Å². The third-order valence-corrected chi connectivity index (χ3v) is 8.58. The van der Waals surface area contributed by atoms with Crippen LogP contribution in [0.4, 0.5) is 13.2 Å². The van der Waals surface area contributed by atoms with Gasteiger partial charge in [0.15, 0.2) is 15.5 Å². The molecule has 6 rings (SSSR count).